The van der Waals surface area contributed by atoms with Crippen LogP contribution in [0, 0.1) is 0 Å². The molecule has 0 heterocycles. The van der Waals surface area contributed by atoms with Crippen LogP contribution >= 0.6 is 0 Å². The van der Waals surface area contributed by atoms with Crippen molar-refractivity contribution in [1.82, 2.24) is 0 Å². The van der Waals surface area contributed by atoms with E-state index < -0.39 is 12.0 Å². The Kier molecular flexibility index (Phi) is 35.6. The van der Waals surface area contributed by atoms with Gasteiger partial charge in [-0.25, -0.2) is 0 Å². The van der Waals surface area contributed by atoms with Crippen molar-refractivity contribution < 1.29 is 19.1 Å². The summed E-state index contributed by atoms with van der Waals surface area (Å²) in [5, 5.41) is 0. The molecule has 1 atom stereocenters. The minimum atomic E-state index is -0.765. The largest absolute Gasteiger partial charge is 0.466 e. The molecule has 0 aliphatic carbocycles. The highest BCUT2D eigenvalue weighted by Gasteiger charge is 2.17. The van der Waals surface area contributed by atoms with E-state index in [1.807, 2.05) is 0 Å². The predicted molar refractivity (Wildman–Crippen MR) is 198 cm³/mol. The van der Waals surface area contributed by atoms with E-state index in [1.165, 1.54) is 96.3 Å². The van der Waals surface area contributed by atoms with Gasteiger partial charge in [-0.05, 0) is 83.5 Å². The minimum absolute atomic E-state index is 0.156. The second-order valence-electron chi connectivity index (χ2n) is 12.7. The van der Waals surface area contributed by atoms with Gasteiger partial charge in [0.15, 0.2) is 0 Å². The standard InChI is InChI=1S/C41H73NO4/c1-3-5-7-9-11-13-15-17-19-21-23-25-27-29-31-33-37-45-40(43)36-35-39(42)41(44)46-38-34-32-30-28-26-24-22-20-18-16-14-12-10-8-6-4-2/h11-14,17-20,39H,3-10,15-16,21-38,42H2,1-2H3/b13-11-,14-12-,19-17-,20-18-. The van der Waals surface area contributed by atoms with E-state index in [9.17, 15) is 9.59 Å². The molecule has 0 aliphatic rings. The van der Waals surface area contributed by atoms with E-state index in [1.54, 1.807) is 0 Å². The highest BCUT2D eigenvalue weighted by atomic mass is 16.5. The molecule has 2 N–H and O–H groups in total. The van der Waals surface area contributed by atoms with Crippen molar-refractivity contribution in [1.29, 1.82) is 0 Å². The lowest BCUT2D eigenvalue weighted by molar-refractivity contribution is -0.146. The van der Waals surface area contributed by atoms with Crippen molar-refractivity contribution >= 4 is 11.9 Å². The molecule has 0 spiro atoms. The van der Waals surface area contributed by atoms with Crippen molar-refractivity contribution in [3.05, 3.63) is 48.6 Å². The molecule has 0 saturated heterocycles. The first-order valence-electron chi connectivity index (χ1n) is 19.3. The first-order chi connectivity index (χ1) is 22.6. The Morgan fingerprint density at radius 3 is 1.30 bits per heavy atom. The zero-order valence-electron chi connectivity index (χ0n) is 30.2. The van der Waals surface area contributed by atoms with Crippen molar-refractivity contribution in [2.75, 3.05) is 13.2 Å². The number of ether oxygens (including phenoxy) is 2. The van der Waals surface area contributed by atoms with Crippen molar-refractivity contribution in [2.45, 2.75) is 187 Å². The number of unbranched alkanes of at least 4 members (excludes halogenated alkanes) is 18. The summed E-state index contributed by atoms with van der Waals surface area (Å²) in [4.78, 5) is 24.1. The fourth-order valence-electron chi connectivity index (χ4n) is 5.11. The van der Waals surface area contributed by atoms with Crippen molar-refractivity contribution in [3.8, 4) is 0 Å². The molecule has 0 aromatic rings. The highest BCUT2D eigenvalue weighted by Crippen LogP contribution is 2.10. The van der Waals surface area contributed by atoms with Crippen LogP contribution in [0.5, 0.6) is 0 Å². The monoisotopic (exact) mass is 644 g/mol. The second kappa shape index (κ2) is 37.3. The van der Waals surface area contributed by atoms with Crippen LogP contribution in [0.1, 0.15) is 181 Å². The molecular formula is C41H73NO4. The average molecular weight is 644 g/mol. The lowest BCUT2D eigenvalue weighted by Crippen LogP contribution is -2.33. The molecule has 0 saturated carbocycles. The smallest absolute Gasteiger partial charge is 0.322 e. The lowest BCUT2D eigenvalue weighted by Gasteiger charge is -2.11. The van der Waals surface area contributed by atoms with Gasteiger partial charge in [-0.2, -0.15) is 0 Å². The summed E-state index contributed by atoms with van der Waals surface area (Å²) in [6.07, 6.45) is 47.1. The Balaban J connectivity index is 3.49. The zero-order chi connectivity index (χ0) is 33.6. The number of rotatable bonds is 34. The van der Waals surface area contributed by atoms with E-state index in [0.29, 0.717) is 13.2 Å². The van der Waals surface area contributed by atoms with E-state index in [-0.39, 0.29) is 18.8 Å². The normalized spacial score (nSPS) is 12.7. The summed E-state index contributed by atoms with van der Waals surface area (Å²) in [6, 6.07) is -0.765. The quantitative estimate of drug-likeness (QED) is 0.0429. The van der Waals surface area contributed by atoms with Crippen LogP contribution < -0.4 is 5.73 Å². The number of carbonyl (C=O) groups is 2. The fourth-order valence-corrected chi connectivity index (χ4v) is 5.11. The molecular weight excluding hydrogens is 570 g/mol. The van der Waals surface area contributed by atoms with Crippen LogP contribution in [0.3, 0.4) is 0 Å². The maximum absolute atomic E-state index is 12.1. The van der Waals surface area contributed by atoms with Gasteiger partial charge in [-0.1, -0.05) is 140 Å². The number of hydrogen-bond donors (Lipinski definition) is 1. The molecule has 0 fully saturated rings. The van der Waals surface area contributed by atoms with Gasteiger partial charge in [0.25, 0.3) is 0 Å². The fraction of sp³-hybridized carbons (Fsp3) is 0.756. The molecule has 0 rings (SSSR count). The van der Waals surface area contributed by atoms with Crippen LogP contribution in [0.15, 0.2) is 48.6 Å². The van der Waals surface area contributed by atoms with Gasteiger partial charge in [-0.3, -0.25) is 9.59 Å². The second-order valence-corrected chi connectivity index (χ2v) is 12.7. The van der Waals surface area contributed by atoms with E-state index >= 15 is 0 Å². The maximum Gasteiger partial charge on any atom is 0.322 e. The van der Waals surface area contributed by atoms with Crippen LogP contribution in [-0.4, -0.2) is 31.2 Å². The number of nitrogens with two attached hydrogens (primary N) is 1. The van der Waals surface area contributed by atoms with Gasteiger partial charge >= 0.3 is 11.9 Å². The van der Waals surface area contributed by atoms with Crippen LogP contribution in [-0.2, 0) is 19.1 Å². The molecule has 0 amide bonds. The van der Waals surface area contributed by atoms with E-state index in [4.69, 9.17) is 15.2 Å². The van der Waals surface area contributed by atoms with E-state index in [0.717, 1.165) is 57.8 Å². The Bertz CT molecular complexity index is 785. The molecule has 0 radical (unpaired) electrons. The highest BCUT2D eigenvalue weighted by molar-refractivity contribution is 5.77. The van der Waals surface area contributed by atoms with Crippen molar-refractivity contribution in [2.24, 2.45) is 5.73 Å². The van der Waals surface area contributed by atoms with Gasteiger partial charge in [-0.15, -0.1) is 0 Å². The average Bonchev–Trinajstić information content (AvgIpc) is 3.06. The third-order valence-corrected chi connectivity index (χ3v) is 8.16. The maximum atomic E-state index is 12.1. The number of hydrogen-bond acceptors (Lipinski definition) is 5. The lowest BCUT2D eigenvalue weighted by atomic mass is 10.1. The Labute approximate surface area is 284 Å². The molecule has 0 bridgehead atoms. The van der Waals surface area contributed by atoms with Crippen molar-refractivity contribution in [3.63, 3.8) is 0 Å². The first kappa shape index (κ1) is 43.9. The predicted octanol–water partition coefficient (Wildman–Crippen LogP) is 11.8. The third kappa shape index (κ3) is 34.7. The van der Waals surface area contributed by atoms with Crippen LogP contribution in [0.25, 0.3) is 0 Å². The number of allylic oxidation sites excluding steroid dienone is 8. The summed E-state index contributed by atoms with van der Waals surface area (Å²) >= 11 is 0. The molecule has 5 nitrogen and oxygen atoms in total. The van der Waals surface area contributed by atoms with E-state index in [2.05, 4.69) is 62.5 Å². The van der Waals surface area contributed by atoms with Gasteiger partial charge in [0, 0.05) is 6.42 Å². The van der Waals surface area contributed by atoms with Gasteiger partial charge in [0.05, 0.1) is 13.2 Å². The molecule has 5 heteroatoms. The third-order valence-electron chi connectivity index (χ3n) is 8.16. The Morgan fingerprint density at radius 2 is 0.870 bits per heavy atom. The number of carbonyl (C=O) groups excluding carboxylic acids is 2. The molecule has 0 aliphatic heterocycles. The summed E-state index contributed by atoms with van der Waals surface area (Å²) in [7, 11) is 0. The first-order valence-corrected chi connectivity index (χ1v) is 19.3. The SMILES string of the molecule is CCCCC/C=C\C/C=C\CCCCCCCCOC(=O)CCC(N)C(=O)OCCCCCCCC/C=C\C/C=C\CCCCC. The van der Waals surface area contributed by atoms with Gasteiger partial charge in [0.2, 0.25) is 0 Å². The van der Waals surface area contributed by atoms with Crippen LogP contribution in [0.2, 0.25) is 0 Å². The molecule has 266 valence electrons. The summed E-state index contributed by atoms with van der Waals surface area (Å²) in [6.45, 7) is 5.33. The molecule has 0 aromatic carbocycles. The summed E-state index contributed by atoms with van der Waals surface area (Å²) < 4.78 is 10.6. The summed E-state index contributed by atoms with van der Waals surface area (Å²) in [5.74, 6) is -0.698. The summed E-state index contributed by atoms with van der Waals surface area (Å²) in [5.41, 5.74) is 5.93. The Hall–Kier alpha value is -2.14. The zero-order valence-corrected chi connectivity index (χ0v) is 30.2. The Morgan fingerprint density at radius 1 is 0.500 bits per heavy atom. The molecule has 1 unspecified atom stereocenters. The van der Waals surface area contributed by atoms with Crippen LogP contribution in [0.4, 0.5) is 0 Å². The van der Waals surface area contributed by atoms with Gasteiger partial charge < -0.3 is 15.2 Å². The topological polar surface area (TPSA) is 78.6 Å². The van der Waals surface area contributed by atoms with Gasteiger partial charge in [0.1, 0.15) is 6.04 Å². The minimum Gasteiger partial charge on any atom is -0.466 e. The molecule has 46 heavy (non-hydrogen) atoms. The molecule has 0 aromatic heterocycles. The number of esters is 2.